The number of nitrogens with zero attached hydrogens (tertiary/aromatic N) is 1. The maximum Gasteiger partial charge on any atom is 0.338 e. The van der Waals surface area contributed by atoms with E-state index in [9.17, 15) is 4.79 Å². The largest absolute Gasteiger partial charge is 0.458 e. The van der Waals surface area contributed by atoms with Gasteiger partial charge in [-0.15, -0.1) is 0 Å². The second-order valence-electron chi connectivity index (χ2n) is 4.67. The summed E-state index contributed by atoms with van der Waals surface area (Å²) in [6.45, 7) is 2.14. The third-order valence-electron chi connectivity index (χ3n) is 3.31. The predicted molar refractivity (Wildman–Crippen MR) is 65.5 cm³/mol. The van der Waals surface area contributed by atoms with Crippen LogP contribution in [0.5, 0.6) is 0 Å². The van der Waals surface area contributed by atoms with Crippen LogP contribution in [-0.4, -0.2) is 17.1 Å². The van der Waals surface area contributed by atoms with Crippen LogP contribution in [0.2, 0.25) is 0 Å². The number of hydrogen-bond acceptors (Lipinski definition) is 4. The number of aromatic nitrogens is 1. The zero-order valence-electron chi connectivity index (χ0n) is 10.1. The van der Waals surface area contributed by atoms with Gasteiger partial charge in [-0.2, -0.15) is 0 Å². The third-order valence-corrected chi connectivity index (χ3v) is 3.31. The van der Waals surface area contributed by atoms with Crippen LogP contribution in [0.3, 0.4) is 0 Å². The zero-order valence-corrected chi connectivity index (χ0v) is 10.1. The number of nitrogen functional groups attached to an aromatic ring is 1. The first-order valence-corrected chi connectivity index (χ1v) is 6.09. The fraction of sp³-hybridized carbons (Fsp3) is 0.538. The van der Waals surface area contributed by atoms with Crippen molar-refractivity contribution in [3.05, 3.63) is 23.9 Å². The van der Waals surface area contributed by atoms with Gasteiger partial charge in [0.15, 0.2) is 0 Å². The summed E-state index contributed by atoms with van der Waals surface area (Å²) < 4.78 is 5.52. The molecule has 1 fully saturated rings. The molecule has 2 atom stereocenters. The van der Waals surface area contributed by atoms with E-state index in [4.69, 9.17) is 10.5 Å². The van der Waals surface area contributed by atoms with Crippen molar-refractivity contribution in [1.29, 1.82) is 0 Å². The van der Waals surface area contributed by atoms with Gasteiger partial charge < -0.3 is 10.5 Å². The number of anilines is 1. The summed E-state index contributed by atoms with van der Waals surface area (Å²) in [4.78, 5) is 15.8. The molecule has 1 saturated carbocycles. The molecule has 2 N–H and O–H groups in total. The first-order valence-electron chi connectivity index (χ1n) is 6.09. The molecule has 0 aliphatic heterocycles. The fourth-order valence-corrected chi connectivity index (χ4v) is 2.24. The summed E-state index contributed by atoms with van der Waals surface area (Å²) in [7, 11) is 0. The Morgan fingerprint density at radius 1 is 1.47 bits per heavy atom. The van der Waals surface area contributed by atoms with Gasteiger partial charge in [-0.1, -0.05) is 13.3 Å². The molecule has 0 saturated heterocycles. The van der Waals surface area contributed by atoms with E-state index in [1.54, 1.807) is 12.1 Å². The lowest BCUT2D eigenvalue weighted by atomic mass is 9.88. The molecule has 1 aromatic heterocycles. The van der Waals surface area contributed by atoms with Gasteiger partial charge in [-0.05, 0) is 37.3 Å². The molecule has 4 heteroatoms. The van der Waals surface area contributed by atoms with Crippen molar-refractivity contribution >= 4 is 11.8 Å². The van der Waals surface area contributed by atoms with Gasteiger partial charge in [-0.25, -0.2) is 9.78 Å². The Labute approximate surface area is 101 Å². The highest BCUT2D eigenvalue weighted by Gasteiger charge is 2.25. The minimum absolute atomic E-state index is 0.0469. The lowest BCUT2D eigenvalue weighted by molar-refractivity contribution is 0.00481. The molecule has 1 aliphatic carbocycles. The summed E-state index contributed by atoms with van der Waals surface area (Å²) in [5.41, 5.74) is 6.02. The Morgan fingerprint density at radius 3 is 2.94 bits per heavy atom. The molecule has 1 aliphatic rings. The number of esters is 1. The molecule has 0 bridgehead atoms. The smallest absolute Gasteiger partial charge is 0.338 e. The second kappa shape index (κ2) is 5.17. The summed E-state index contributed by atoms with van der Waals surface area (Å²) >= 11 is 0. The number of pyridine rings is 1. The Hall–Kier alpha value is -1.58. The van der Waals surface area contributed by atoms with E-state index in [1.165, 1.54) is 12.6 Å². The van der Waals surface area contributed by atoms with Crippen LogP contribution in [0, 0.1) is 5.92 Å². The Kier molecular flexibility index (Phi) is 3.61. The fourth-order valence-electron chi connectivity index (χ4n) is 2.24. The number of rotatable bonds is 2. The lowest BCUT2D eigenvalue weighted by Gasteiger charge is -2.28. The first kappa shape index (κ1) is 11.9. The molecule has 4 nitrogen and oxygen atoms in total. The average Bonchev–Trinajstić information content (AvgIpc) is 2.32. The summed E-state index contributed by atoms with van der Waals surface area (Å²) in [6, 6.07) is 3.18. The standard InChI is InChI=1S/C13H18N2O2/c1-9-4-2-3-5-11(9)17-13(16)10-6-7-15-12(14)8-10/h6-9,11H,2-5H2,1H3,(H2,14,15). The van der Waals surface area contributed by atoms with Gasteiger partial charge >= 0.3 is 5.97 Å². The number of carbonyl (C=O) groups excluding carboxylic acids is 1. The van der Waals surface area contributed by atoms with E-state index in [1.807, 2.05) is 0 Å². The van der Waals surface area contributed by atoms with Crippen LogP contribution in [0.15, 0.2) is 18.3 Å². The van der Waals surface area contributed by atoms with Gasteiger partial charge in [0, 0.05) is 6.20 Å². The molecule has 1 heterocycles. The first-order chi connectivity index (χ1) is 8.16. The third kappa shape index (κ3) is 2.96. The van der Waals surface area contributed by atoms with Gasteiger partial charge in [0.25, 0.3) is 0 Å². The van der Waals surface area contributed by atoms with Crippen LogP contribution in [-0.2, 0) is 4.74 Å². The summed E-state index contributed by atoms with van der Waals surface area (Å²) in [6.07, 6.45) is 6.05. The van der Waals surface area contributed by atoms with Crippen LogP contribution < -0.4 is 5.73 Å². The van der Waals surface area contributed by atoms with E-state index in [0.29, 0.717) is 17.3 Å². The number of ether oxygens (including phenoxy) is 1. The maximum atomic E-state index is 11.9. The molecule has 17 heavy (non-hydrogen) atoms. The zero-order chi connectivity index (χ0) is 12.3. The Balaban J connectivity index is 2.01. The van der Waals surface area contributed by atoms with E-state index in [2.05, 4.69) is 11.9 Å². The van der Waals surface area contributed by atoms with Crippen molar-refractivity contribution in [2.75, 3.05) is 5.73 Å². The molecule has 0 amide bonds. The van der Waals surface area contributed by atoms with Crippen LogP contribution in [0.1, 0.15) is 43.0 Å². The highest BCUT2D eigenvalue weighted by Crippen LogP contribution is 2.27. The van der Waals surface area contributed by atoms with Crippen molar-refractivity contribution in [2.45, 2.75) is 38.7 Å². The van der Waals surface area contributed by atoms with Gasteiger partial charge in [0.2, 0.25) is 0 Å². The molecule has 0 aromatic carbocycles. The maximum absolute atomic E-state index is 11.9. The lowest BCUT2D eigenvalue weighted by Crippen LogP contribution is -2.28. The highest BCUT2D eigenvalue weighted by molar-refractivity contribution is 5.90. The molecule has 92 valence electrons. The number of nitrogens with two attached hydrogens (primary N) is 1. The molecule has 0 radical (unpaired) electrons. The van der Waals surface area contributed by atoms with E-state index in [-0.39, 0.29) is 12.1 Å². The van der Waals surface area contributed by atoms with Crippen LogP contribution in [0.4, 0.5) is 5.82 Å². The van der Waals surface area contributed by atoms with Crippen molar-refractivity contribution in [2.24, 2.45) is 5.92 Å². The quantitative estimate of drug-likeness (QED) is 0.798. The number of hydrogen-bond donors (Lipinski definition) is 1. The van der Waals surface area contributed by atoms with Gasteiger partial charge in [0.1, 0.15) is 11.9 Å². The predicted octanol–water partition coefficient (Wildman–Crippen LogP) is 2.40. The molecule has 2 unspecified atom stereocenters. The molecular weight excluding hydrogens is 216 g/mol. The molecular formula is C13H18N2O2. The summed E-state index contributed by atoms with van der Waals surface area (Å²) in [5, 5.41) is 0. The SMILES string of the molecule is CC1CCCCC1OC(=O)c1ccnc(N)c1. The molecule has 1 aromatic rings. The van der Waals surface area contributed by atoms with E-state index >= 15 is 0 Å². The van der Waals surface area contributed by atoms with Crippen molar-refractivity contribution in [1.82, 2.24) is 4.98 Å². The van der Waals surface area contributed by atoms with Crippen molar-refractivity contribution in [3.8, 4) is 0 Å². The molecule has 0 spiro atoms. The Morgan fingerprint density at radius 2 is 2.24 bits per heavy atom. The van der Waals surface area contributed by atoms with Crippen LogP contribution >= 0.6 is 0 Å². The number of carbonyl (C=O) groups is 1. The topological polar surface area (TPSA) is 65.2 Å². The van der Waals surface area contributed by atoms with Crippen LogP contribution in [0.25, 0.3) is 0 Å². The second-order valence-corrected chi connectivity index (χ2v) is 4.67. The van der Waals surface area contributed by atoms with Gasteiger partial charge in [-0.3, -0.25) is 0 Å². The van der Waals surface area contributed by atoms with Crippen molar-refractivity contribution in [3.63, 3.8) is 0 Å². The Bertz CT molecular complexity index is 406. The monoisotopic (exact) mass is 234 g/mol. The molecule has 2 rings (SSSR count). The van der Waals surface area contributed by atoms with Gasteiger partial charge in [0.05, 0.1) is 5.56 Å². The average molecular weight is 234 g/mol. The van der Waals surface area contributed by atoms with Crippen molar-refractivity contribution < 1.29 is 9.53 Å². The minimum Gasteiger partial charge on any atom is -0.458 e. The normalized spacial score (nSPS) is 24.3. The van der Waals surface area contributed by atoms with E-state index < -0.39 is 0 Å². The van der Waals surface area contributed by atoms with E-state index in [0.717, 1.165) is 19.3 Å². The minimum atomic E-state index is -0.294. The highest BCUT2D eigenvalue weighted by atomic mass is 16.5. The summed E-state index contributed by atoms with van der Waals surface area (Å²) in [5.74, 6) is 0.501.